The average molecular weight is 294 g/mol. The maximum absolute atomic E-state index is 12.0. The number of hydrogen-bond donors (Lipinski definition) is 2. The van der Waals surface area contributed by atoms with Crippen molar-refractivity contribution in [3.8, 4) is 0 Å². The molecule has 1 amide bonds. The Kier molecular flexibility index (Phi) is 5.32. The first-order valence-corrected chi connectivity index (χ1v) is 6.60. The highest BCUT2D eigenvalue weighted by atomic mass is 16.6. The molecule has 6 heteroatoms. The highest BCUT2D eigenvalue weighted by Crippen LogP contribution is 2.19. The molecule has 0 fully saturated rings. The summed E-state index contributed by atoms with van der Waals surface area (Å²) < 4.78 is 5.29. The lowest BCUT2D eigenvalue weighted by Gasteiger charge is -2.21. The zero-order valence-corrected chi connectivity index (χ0v) is 12.8. The van der Waals surface area contributed by atoms with Crippen molar-refractivity contribution in [2.75, 3.05) is 19.4 Å². The van der Waals surface area contributed by atoms with Gasteiger partial charge in [-0.15, -0.1) is 0 Å². The van der Waals surface area contributed by atoms with Crippen molar-refractivity contribution in [1.82, 2.24) is 4.90 Å². The van der Waals surface area contributed by atoms with Crippen LogP contribution < -0.4 is 5.73 Å². The summed E-state index contributed by atoms with van der Waals surface area (Å²) in [6.07, 6.45) is 0. The van der Waals surface area contributed by atoms with E-state index in [9.17, 15) is 9.59 Å². The van der Waals surface area contributed by atoms with Crippen LogP contribution in [0.3, 0.4) is 0 Å². The fourth-order valence-corrected chi connectivity index (χ4v) is 1.67. The Bertz CT molecular complexity index is 535. The van der Waals surface area contributed by atoms with Crippen molar-refractivity contribution in [3.63, 3.8) is 0 Å². The van der Waals surface area contributed by atoms with Gasteiger partial charge in [-0.3, -0.25) is 4.79 Å². The van der Waals surface area contributed by atoms with Gasteiger partial charge >= 0.3 is 5.97 Å². The van der Waals surface area contributed by atoms with Crippen LogP contribution >= 0.6 is 0 Å². The Morgan fingerprint density at radius 3 is 2.48 bits per heavy atom. The van der Waals surface area contributed by atoms with E-state index in [-0.39, 0.29) is 6.54 Å². The van der Waals surface area contributed by atoms with Crippen molar-refractivity contribution in [3.05, 3.63) is 29.3 Å². The first-order chi connectivity index (χ1) is 9.64. The third-order valence-corrected chi connectivity index (χ3v) is 2.75. The lowest BCUT2D eigenvalue weighted by Crippen LogP contribution is -2.29. The number of aliphatic hydroxyl groups is 1. The van der Waals surface area contributed by atoms with Crippen LogP contribution in [-0.4, -0.2) is 41.1 Å². The number of nitrogens with two attached hydrogens (primary N) is 1. The molecule has 0 unspecified atom stereocenters. The van der Waals surface area contributed by atoms with Gasteiger partial charge in [0, 0.05) is 19.3 Å². The Morgan fingerprint density at radius 1 is 1.33 bits per heavy atom. The van der Waals surface area contributed by atoms with E-state index >= 15 is 0 Å². The highest BCUT2D eigenvalue weighted by molar-refractivity contribution is 5.90. The van der Waals surface area contributed by atoms with Crippen LogP contribution in [0, 0.1) is 0 Å². The largest absolute Gasteiger partial charge is 0.456 e. The average Bonchev–Trinajstić information content (AvgIpc) is 2.38. The van der Waals surface area contributed by atoms with E-state index in [0.29, 0.717) is 16.8 Å². The van der Waals surface area contributed by atoms with Gasteiger partial charge in [0.1, 0.15) is 12.2 Å². The van der Waals surface area contributed by atoms with Gasteiger partial charge < -0.3 is 20.5 Å². The van der Waals surface area contributed by atoms with Gasteiger partial charge in [-0.05, 0) is 44.5 Å². The molecule has 0 aliphatic heterocycles. The zero-order valence-electron chi connectivity index (χ0n) is 12.8. The molecule has 0 radical (unpaired) electrons. The van der Waals surface area contributed by atoms with Crippen molar-refractivity contribution >= 4 is 17.6 Å². The summed E-state index contributed by atoms with van der Waals surface area (Å²) in [6, 6.07) is 4.79. The number of anilines is 1. The summed E-state index contributed by atoms with van der Waals surface area (Å²) in [5, 5.41) is 8.83. The second-order valence-electron chi connectivity index (χ2n) is 5.82. The predicted octanol–water partition coefficient (Wildman–Crippen LogP) is 1.17. The van der Waals surface area contributed by atoms with E-state index in [2.05, 4.69) is 0 Å². The molecule has 6 nitrogen and oxygen atoms in total. The second kappa shape index (κ2) is 6.58. The summed E-state index contributed by atoms with van der Waals surface area (Å²) in [5.41, 5.74) is 6.75. The van der Waals surface area contributed by atoms with Crippen LogP contribution in [0.5, 0.6) is 0 Å². The first-order valence-electron chi connectivity index (χ1n) is 6.60. The molecule has 0 aliphatic carbocycles. The lowest BCUT2D eigenvalue weighted by atomic mass is 10.1. The minimum absolute atomic E-state index is 0.210. The minimum atomic E-state index is -0.581. The molecule has 0 saturated heterocycles. The van der Waals surface area contributed by atoms with E-state index in [1.165, 1.54) is 4.90 Å². The molecular weight excluding hydrogens is 272 g/mol. The van der Waals surface area contributed by atoms with Gasteiger partial charge in [0.15, 0.2) is 0 Å². The van der Waals surface area contributed by atoms with Gasteiger partial charge in [0.05, 0.1) is 5.56 Å². The number of ether oxygens (including phenoxy) is 1. The van der Waals surface area contributed by atoms with Gasteiger partial charge in [0.25, 0.3) is 0 Å². The van der Waals surface area contributed by atoms with E-state index < -0.39 is 24.1 Å². The smallest absolute Gasteiger partial charge is 0.338 e. The monoisotopic (exact) mass is 294 g/mol. The number of aliphatic hydroxyl groups excluding tert-OH is 1. The van der Waals surface area contributed by atoms with Crippen LogP contribution in [0.2, 0.25) is 0 Å². The molecule has 0 aliphatic rings. The molecule has 0 aromatic heterocycles. The van der Waals surface area contributed by atoms with Gasteiger partial charge in [-0.1, -0.05) is 0 Å². The van der Waals surface area contributed by atoms with E-state index in [1.54, 1.807) is 46.0 Å². The Balaban J connectivity index is 2.95. The van der Waals surface area contributed by atoms with Crippen LogP contribution in [0.1, 0.15) is 36.7 Å². The quantitative estimate of drug-likeness (QED) is 0.642. The number of benzene rings is 1. The maximum Gasteiger partial charge on any atom is 0.338 e. The summed E-state index contributed by atoms with van der Waals surface area (Å²) in [7, 11) is 1.55. The summed E-state index contributed by atoms with van der Waals surface area (Å²) >= 11 is 0. The number of carbonyl (C=O) groups is 2. The fraction of sp³-hybridized carbons (Fsp3) is 0.467. The molecular formula is C15H22N2O4. The number of nitrogen functional groups attached to an aromatic ring is 1. The van der Waals surface area contributed by atoms with Crippen LogP contribution in [0.15, 0.2) is 18.2 Å². The normalized spacial score (nSPS) is 11.1. The minimum Gasteiger partial charge on any atom is -0.456 e. The molecule has 1 rings (SSSR count). The van der Waals surface area contributed by atoms with Gasteiger partial charge in [-0.25, -0.2) is 4.79 Å². The molecule has 0 spiro atoms. The SMILES string of the molecule is CN(Cc1cc(C(=O)OC(C)(C)C)ccc1N)C(=O)CO. The van der Waals surface area contributed by atoms with Crippen LogP contribution in [0.4, 0.5) is 5.69 Å². The van der Waals surface area contributed by atoms with Gasteiger partial charge in [0.2, 0.25) is 5.91 Å². The number of nitrogens with zero attached hydrogens (tertiary/aromatic N) is 1. The standard InChI is InChI=1S/C15H22N2O4/c1-15(2,3)21-14(20)10-5-6-12(16)11(7-10)8-17(4)13(19)9-18/h5-7,18H,8-9,16H2,1-4H3. The summed E-state index contributed by atoms with van der Waals surface area (Å²) in [4.78, 5) is 24.7. The molecule has 0 heterocycles. The molecule has 1 aromatic rings. The van der Waals surface area contributed by atoms with Crippen LogP contribution in [-0.2, 0) is 16.1 Å². The Labute approximate surface area is 124 Å². The maximum atomic E-state index is 12.0. The molecule has 3 N–H and O–H groups in total. The number of likely N-dealkylation sites (N-methyl/N-ethyl adjacent to an activating group) is 1. The number of rotatable bonds is 4. The third-order valence-electron chi connectivity index (χ3n) is 2.75. The molecule has 116 valence electrons. The topological polar surface area (TPSA) is 92.9 Å². The van der Waals surface area contributed by atoms with Gasteiger partial charge in [-0.2, -0.15) is 0 Å². The number of amides is 1. The second-order valence-corrected chi connectivity index (χ2v) is 5.82. The number of esters is 1. The number of carbonyl (C=O) groups excluding carboxylic acids is 2. The molecule has 1 aromatic carbocycles. The van der Waals surface area contributed by atoms with E-state index in [4.69, 9.17) is 15.6 Å². The highest BCUT2D eigenvalue weighted by Gasteiger charge is 2.19. The van der Waals surface area contributed by atoms with E-state index in [1.807, 2.05) is 0 Å². The summed E-state index contributed by atoms with van der Waals surface area (Å²) in [6.45, 7) is 5.01. The predicted molar refractivity (Wildman–Crippen MR) is 79.6 cm³/mol. The molecule has 0 bridgehead atoms. The van der Waals surface area contributed by atoms with Crippen LogP contribution in [0.25, 0.3) is 0 Å². The van der Waals surface area contributed by atoms with Crippen molar-refractivity contribution in [2.45, 2.75) is 32.9 Å². The first kappa shape index (κ1) is 17.0. The number of hydrogen-bond acceptors (Lipinski definition) is 5. The molecule has 0 saturated carbocycles. The summed E-state index contributed by atoms with van der Waals surface area (Å²) in [5.74, 6) is -0.864. The van der Waals surface area contributed by atoms with E-state index in [0.717, 1.165) is 0 Å². The van der Waals surface area contributed by atoms with Crippen molar-refractivity contribution in [1.29, 1.82) is 0 Å². The fourth-order valence-electron chi connectivity index (χ4n) is 1.67. The Morgan fingerprint density at radius 2 is 1.95 bits per heavy atom. The van der Waals surface area contributed by atoms with Crippen molar-refractivity contribution < 1.29 is 19.4 Å². The molecule has 0 atom stereocenters. The molecule has 21 heavy (non-hydrogen) atoms. The Hall–Kier alpha value is -2.08. The zero-order chi connectivity index (χ0) is 16.2. The third kappa shape index (κ3) is 5.07. The van der Waals surface area contributed by atoms with Crippen molar-refractivity contribution in [2.24, 2.45) is 0 Å². The lowest BCUT2D eigenvalue weighted by molar-refractivity contribution is -0.133.